The topological polar surface area (TPSA) is 71.0 Å². The molecule has 0 radical (unpaired) electrons. The van der Waals surface area contributed by atoms with Gasteiger partial charge in [-0.3, -0.25) is 9.59 Å². The second kappa shape index (κ2) is 7.40. The predicted molar refractivity (Wildman–Crippen MR) is 104 cm³/mol. The van der Waals surface area contributed by atoms with Crippen molar-refractivity contribution in [2.45, 2.75) is 25.4 Å². The summed E-state index contributed by atoms with van der Waals surface area (Å²) in [6, 6.07) is 14.8. The first kappa shape index (κ1) is 17.5. The molecular formula is C20H18ClN3O3. The molecule has 138 valence electrons. The highest BCUT2D eigenvalue weighted by Gasteiger charge is 2.28. The van der Waals surface area contributed by atoms with E-state index in [2.05, 4.69) is 10.5 Å². The lowest BCUT2D eigenvalue weighted by Crippen LogP contribution is -2.25. The van der Waals surface area contributed by atoms with Gasteiger partial charge in [-0.25, -0.2) is 0 Å². The maximum Gasteiger partial charge on any atom is 0.273 e. The van der Waals surface area contributed by atoms with Crippen molar-refractivity contribution in [2.24, 2.45) is 5.16 Å². The van der Waals surface area contributed by atoms with Crippen LogP contribution in [-0.2, 0) is 14.4 Å². The molecule has 0 bridgehead atoms. The van der Waals surface area contributed by atoms with Crippen LogP contribution in [-0.4, -0.2) is 24.1 Å². The Morgan fingerprint density at radius 2 is 2.04 bits per heavy atom. The van der Waals surface area contributed by atoms with Crippen LogP contribution in [0, 0.1) is 0 Å². The van der Waals surface area contributed by atoms with Gasteiger partial charge in [0.15, 0.2) is 6.10 Å². The van der Waals surface area contributed by atoms with E-state index in [1.54, 1.807) is 23.1 Å². The summed E-state index contributed by atoms with van der Waals surface area (Å²) in [5.41, 5.74) is 2.45. The molecule has 0 aromatic heterocycles. The third-order valence-corrected chi connectivity index (χ3v) is 5.02. The highest BCUT2D eigenvalue weighted by Crippen LogP contribution is 2.31. The number of amides is 2. The Kier molecular flexibility index (Phi) is 4.81. The van der Waals surface area contributed by atoms with Gasteiger partial charge in [0.25, 0.3) is 5.91 Å². The van der Waals surface area contributed by atoms with Crippen LogP contribution < -0.4 is 10.2 Å². The van der Waals surface area contributed by atoms with Crippen LogP contribution in [0.5, 0.6) is 0 Å². The summed E-state index contributed by atoms with van der Waals surface area (Å²) in [5.74, 6) is -0.283. The van der Waals surface area contributed by atoms with Gasteiger partial charge in [-0.2, -0.15) is 0 Å². The lowest BCUT2D eigenvalue weighted by atomic mass is 10.0. The Morgan fingerprint density at radius 3 is 2.78 bits per heavy atom. The number of carbonyl (C=O) groups is 2. The van der Waals surface area contributed by atoms with Crippen LogP contribution in [0.1, 0.15) is 30.9 Å². The summed E-state index contributed by atoms with van der Waals surface area (Å²) in [6.07, 6.45) is 1.49. The minimum Gasteiger partial charge on any atom is -0.387 e. The highest BCUT2D eigenvalue weighted by molar-refractivity contribution is 6.44. The lowest BCUT2D eigenvalue weighted by molar-refractivity contribution is -0.117. The zero-order valence-corrected chi connectivity index (χ0v) is 15.3. The Balaban J connectivity index is 1.46. The number of rotatable bonds is 4. The monoisotopic (exact) mass is 383 g/mol. The Morgan fingerprint density at radius 1 is 1.22 bits per heavy atom. The molecule has 0 spiro atoms. The Hall–Kier alpha value is -2.86. The van der Waals surface area contributed by atoms with Crippen LogP contribution in [0.15, 0.2) is 53.7 Å². The van der Waals surface area contributed by atoms with Crippen molar-refractivity contribution in [3.63, 3.8) is 0 Å². The van der Waals surface area contributed by atoms with Gasteiger partial charge in [-0.15, -0.1) is 0 Å². The number of oxime groups is 1. The number of hydrogen-bond acceptors (Lipinski definition) is 4. The second-order valence-electron chi connectivity index (χ2n) is 6.51. The first-order chi connectivity index (χ1) is 13.1. The van der Waals surface area contributed by atoms with Crippen molar-refractivity contribution in [3.8, 4) is 0 Å². The van der Waals surface area contributed by atoms with Gasteiger partial charge in [0.05, 0.1) is 10.7 Å². The average molecular weight is 384 g/mol. The molecule has 2 aliphatic rings. The third-order valence-electron chi connectivity index (χ3n) is 4.69. The highest BCUT2D eigenvalue weighted by atomic mass is 35.5. The summed E-state index contributed by atoms with van der Waals surface area (Å²) >= 11 is 6.23. The van der Waals surface area contributed by atoms with E-state index in [1.165, 1.54) is 0 Å². The number of hydrogen-bond donors (Lipinski definition) is 1. The van der Waals surface area contributed by atoms with E-state index < -0.39 is 0 Å². The number of benzene rings is 2. The molecule has 6 nitrogen and oxygen atoms in total. The van der Waals surface area contributed by atoms with Crippen LogP contribution in [0.25, 0.3) is 0 Å². The molecule has 2 aromatic rings. The van der Waals surface area contributed by atoms with Gasteiger partial charge < -0.3 is 15.1 Å². The first-order valence-corrected chi connectivity index (χ1v) is 9.18. The molecule has 2 amide bonds. The number of carbonyl (C=O) groups excluding carboxylic acids is 2. The van der Waals surface area contributed by atoms with E-state index in [1.807, 2.05) is 30.3 Å². The van der Waals surface area contributed by atoms with Crippen LogP contribution >= 0.6 is 11.6 Å². The Bertz CT molecular complexity index is 914. The fourth-order valence-electron chi connectivity index (χ4n) is 3.25. The molecule has 0 saturated carbocycles. The van der Waals surface area contributed by atoms with Gasteiger partial charge >= 0.3 is 0 Å². The largest absolute Gasteiger partial charge is 0.387 e. The zero-order valence-electron chi connectivity index (χ0n) is 14.5. The molecule has 2 aliphatic heterocycles. The maximum atomic E-state index is 12.6. The van der Waals surface area contributed by atoms with E-state index in [0.29, 0.717) is 35.8 Å². The van der Waals surface area contributed by atoms with Gasteiger partial charge in [0.1, 0.15) is 5.71 Å². The third kappa shape index (κ3) is 3.66. The van der Waals surface area contributed by atoms with E-state index in [9.17, 15) is 9.59 Å². The smallest absolute Gasteiger partial charge is 0.273 e. The van der Waals surface area contributed by atoms with E-state index in [4.69, 9.17) is 16.4 Å². The molecule has 1 N–H and O–H groups in total. The van der Waals surface area contributed by atoms with Gasteiger partial charge in [0, 0.05) is 25.1 Å². The van der Waals surface area contributed by atoms with Gasteiger partial charge in [0.2, 0.25) is 5.91 Å². The van der Waals surface area contributed by atoms with Gasteiger partial charge in [-0.05, 0) is 30.2 Å². The van der Waals surface area contributed by atoms with Crippen molar-refractivity contribution in [1.82, 2.24) is 0 Å². The molecule has 27 heavy (non-hydrogen) atoms. The minimum absolute atomic E-state index is 0.0777. The van der Waals surface area contributed by atoms with E-state index in [0.717, 1.165) is 17.7 Å². The molecule has 2 aromatic carbocycles. The molecule has 2 heterocycles. The Labute approximate surface area is 161 Å². The van der Waals surface area contributed by atoms with Crippen molar-refractivity contribution in [1.29, 1.82) is 0 Å². The summed E-state index contributed by atoms with van der Waals surface area (Å²) < 4.78 is 0. The summed E-state index contributed by atoms with van der Waals surface area (Å²) in [6.45, 7) is 0.674. The molecule has 1 saturated heterocycles. The molecular weight excluding hydrogens is 366 g/mol. The quantitative estimate of drug-likeness (QED) is 0.869. The second-order valence-corrected chi connectivity index (χ2v) is 6.92. The fourth-order valence-corrected chi connectivity index (χ4v) is 3.42. The normalized spacial score (nSPS) is 19.0. The molecule has 1 atom stereocenters. The van der Waals surface area contributed by atoms with Crippen molar-refractivity contribution in [3.05, 3.63) is 59.1 Å². The number of anilines is 2. The lowest BCUT2D eigenvalue weighted by Gasteiger charge is -2.17. The number of halogens is 1. The van der Waals surface area contributed by atoms with E-state index >= 15 is 0 Å². The van der Waals surface area contributed by atoms with Crippen molar-refractivity contribution in [2.75, 3.05) is 16.8 Å². The molecule has 0 aliphatic carbocycles. The van der Waals surface area contributed by atoms with Crippen LogP contribution in [0.3, 0.4) is 0 Å². The van der Waals surface area contributed by atoms with Crippen molar-refractivity contribution >= 4 is 40.5 Å². The molecule has 4 rings (SSSR count). The molecule has 7 heteroatoms. The summed E-state index contributed by atoms with van der Waals surface area (Å²) in [5, 5.41) is 7.11. The summed E-state index contributed by atoms with van der Waals surface area (Å²) in [7, 11) is 0. The fraction of sp³-hybridized carbons (Fsp3) is 0.250. The molecule has 1 fully saturated rings. The SMILES string of the molecule is O=C(Nc1cc(N2CCCC2=O)ccc1Cl)C1=NOC(c2ccccc2)C1. The zero-order chi connectivity index (χ0) is 18.8. The predicted octanol–water partition coefficient (Wildman–Crippen LogP) is 3.92. The van der Waals surface area contributed by atoms with Crippen LogP contribution in [0.4, 0.5) is 11.4 Å². The van der Waals surface area contributed by atoms with E-state index in [-0.39, 0.29) is 17.9 Å². The minimum atomic E-state index is -0.361. The van der Waals surface area contributed by atoms with Gasteiger partial charge in [-0.1, -0.05) is 47.1 Å². The number of nitrogens with one attached hydrogen (secondary N) is 1. The van der Waals surface area contributed by atoms with Crippen molar-refractivity contribution < 1.29 is 14.4 Å². The average Bonchev–Trinajstić information content (AvgIpc) is 3.34. The standard InChI is InChI=1S/C20H18ClN3O3/c21-15-9-8-14(24-10-4-7-19(24)25)11-16(15)22-20(26)17-12-18(27-23-17)13-5-2-1-3-6-13/h1-3,5-6,8-9,11,18H,4,7,10,12H2,(H,22,26). The van der Waals surface area contributed by atoms with Crippen LogP contribution in [0.2, 0.25) is 5.02 Å². The summed E-state index contributed by atoms with van der Waals surface area (Å²) in [4.78, 5) is 31.6. The first-order valence-electron chi connectivity index (χ1n) is 8.81. The molecule has 1 unspecified atom stereocenters. The maximum absolute atomic E-state index is 12.6. The number of nitrogens with zero attached hydrogens (tertiary/aromatic N) is 2.